The summed E-state index contributed by atoms with van der Waals surface area (Å²) < 4.78 is 27.6. The Morgan fingerprint density at radius 1 is 0.969 bits per heavy atom. The van der Waals surface area contributed by atoms with E-state index in [1.54, 1.807) is 30.3 Å². The Morgan fingerprint density at radius 2 is 1.69 bits per heavy atom. The van der Waals surface area contributed by atoms with Crippen LogP contribution in [0.4, 0.5) is 5.69 Å². The van der Waals surface area contributed by atoms with Crippen LogP contribution in [-0.2, 0) is 21.2 Å². The fraction of sp³-hybridized carbons (Fsp3) is 0.208. The lowest BCUT2D eigenvalue weighted by molar-refractivity contribution is -0.119. The molecule has 1 amide bonds. The Morgan fingerprint density at radius 3 is 2.41 bits per heavy atom. The van der Waals surface area contributed by atoms with E-state index in [9.17, 15) is 13.2 Å². The van der Waals surface area contributed by atoms with E-state index < -0.39 is 22.5 Å². The number of nitrogens with zero attached hydrogens (tertiary/aromatic N) is 1. The van der Waals surface area contributed by atoms with Crippen molar-refractivity contribution in [2.75, 3.05) is 17.4 Å². The molecule has 0 saturated carbocycles. The van der Waals surface area contributed by atoms with E-state index in [0.29, 0.717) is 6.54 Å². The topological polar surface area (TPSA) is 66.5 Å². The molecule has 0 atom stereocenters. The Kier molecular flexibility index (Phi) is 8.18. The number of carbonyl (C=O) groups is 1. The van der Waals surface area contributed by atoms with Crippen LogP contribution in [0.2, 0.25) is 10.0 Å². The summed E-state index contributed by atoms with van der Waals surface area (Å²) in [5.74, 6) is -0.426. The third-order valence-electron chi connectivity index (χ3n) is 4.87. The predicted octanol–water partition coefficient (Wildman–Crippen LogP) is 5.25. The number of anilines is 1. The zero-order valence-corrected chi connectivity index (χ0v) is 19.9. The highest BCUT2D eigenvalue weighted by Crippen LogP contribution is 2.35. The first kappa shape index (κ1) is 24.1. The number of halogens is 2. The molecule has 1 N–H and O–H groups in total. The standard InChI is InChI=1S/C24H24Cl2N2O3S/c1-18-8-5-9-19(16-18)10-7-15-27-23(29)17-28(22-14-6-13-21(25)24(22)26)32(30,31)20-11-3-2-4-12-20/h2-6,8-9,11-14,16H,7,10,15,17H2,1H3,(H,27,29). The van der Waals surface area contributed by atoms with Crippen molar-refractivity contribution >= 4 is 44.8 Å². The maximum absolute atomic E-state index is 13.3. The Balaban J connectivity index is 1.74. The minimum atomic E-state index is -4.04. The third-order valence-corrected chi connectivity index (χ3v) is 7.45. The molecule has 0 saturated heterocycles. The van der Waals surface area contributed by atoms with Crippen LogP contribution in [-0.4, -0.2) is 27.4 Å². The molecule has 0 heterocycles. The Labute approximate surface area is 199 Å². The minimum Gasteiger partial charge on any atom is -0.355 e. The van der Waals surface area contributed by atoms with Crippen molar-refractivity contribution in [3.8, 4) is 0 Å². The number of aryl methyl sites for hydroxylation is 2. The molecule has 3 aromatic rings. The highest BCUT2D eigenvalue weighted by atomic mass is 35.5. The number of benzene rings is 3. The van der Waals surface area contributed by atoms with E-state index >= 15 is 0 Å². The molecule has 5 nitrogen and oxygen atoms in total. The minimum absolute atomic E-state index is 0.0586. The molecular weight excluding hydrogens is 467 g/mol. The molecule has 3 aromatic carbocycles. The van der Waals surface area contributed by atoms with Gasteiger partial charge in [-0.3, -0.25) is 9.10 Å². The van der Waals surface area contributed by atoms with Gasteiger partial charge in [-0.25, -0.2) is 8.42 Å². The SMILES string of the molecule is Cc1cccc(CCCNC(=O)CN(c2cccc(Cl)c2Cl)S(=O)(=O)c2ccccc2)c1. The van der Waals surface area contributed by atoms with Crippen molar-refractivity contribution in [1.29, 1.82) is 0 Å². The first-order chi connectivity index (χ1) is 15.3. The summed E-state index contributed by atoms with van der Waals surface area (Å²) in [5, 5.41) is 3.08. The zero-order valence-electron chi connectivity index (χ0n) is 17.6. The number of hydrogen-bond acceptors (Lipinski definition) is 3. The fourth-order valence-electron chi connectivity index (χ4n) is 3.28. The van der Waals surface area contributed by atoms with Gasteiger partial charge in [0.25, 0.3) is 10.0 Å². The van der Waals surface area contributed by atoms with Gasteiger partial charge >= 0.3 is 0 Å². The van der Waals surface area contributed by atoms with E-state index in [1.165, 1.54) is 29.3 Å². The highest BCUT2D eigenvalue weighted by Gasteiger charge is 2.29. The molecule has 0 spiro atoms. The van der Waals surface area contributed by atoms with E-state index in [4.69, 9.17) is 23.2 Å². The van der Waals surface area contributed by atoms with Crippen molar-refractivity contribution in [2.24, 2.45) is 0 Å². The second-order valence-electron chi connectivity index (χ2n) is 7.34. The average molecular weight is 491 g/mol. The van der Waals surface area contributed by atoms with E-state index in [-0.39, 0.29) is 20.6 Å². The average Bonchev–Trinajstić information content (AvgIpc) is 2.78. The second kappa shape index (κ2) is 10.9. The molecule has 0 bridgehead atoms. The molecule has 168 valence electrons. The van der Waals surface area contributed by atoms with E-state index in [2.05, 4.69) is 11.4 Å². The predicted molar refractivity (Wildman–Crippen MR) is 130 cm³/mol. The van der Waals surface area contributed by atoms with Crippen molar-refractivity contribution in [2.45, 2.75) is 24.7 Å². The largest absolute Gasteiger partial charge is 0.355 e. The van der Waals surface area contributed by atoms with Gasteiger partial charge in [0, 0.05) is 6.54 Å². The molecule has 0 aliphatic carbocycles. The number of hydrogen-bond donors (Lipinski definition) is 1. The lowest BCUT2D eigenvalue weighted by atomic mass is 10.1. The van der Waals surface area contributed by atoms with Gasteiger partial charge in [-0.1, -0.05) is 77.3 Å². The third kappa shape index (κ3) is 6.03. The van der Waals surface area contributed by atoms with Crippen molar-refractivity contribution in [3.63, 3.8) is 0 Å². The summed E-state index contributed by atoms with van der Waals surface area (Å²) in [6.07, 6.45) is 1.55. The van der Waals surface area contributed by atoms with Gasteiger partial charge < -0.3 is 5.32 Å². The van der Waals surface area contributed by atoms with Crippen molar-refractivity contribution in [3.05, 3.63) is 94.0 Å². The quantitative estimate of drug-likeness (QED) is 0.416. The number of carbonyl (C=O) groups excluding carboxylic acids is 1. The number of sulfonamides is 1. The Bertz CT molecular complexity index is 1180. The molecule has 0 aromatic heterocycles. The van der Waals surface area contributed by atoms with Crippen LogP contribution in [0.1, 0.15) is 17.5 Å². The van der Waals surface area contributed by atoms with Crippen LogP contribution < -0.4 is 9.62 Å². The van der Waals surface area contributed by atoms with Gasteiger partial charge in [-0.2, -0.15) is 0 Å². The zero-order chi connectivity index (χ0) is 23.1. The summed E-state index contributed by atoms with van der Waals surface area (Å²) in [6, 6.07) is 20.8. The summed E-state index contributed by atoms with van der Waals surface area (Å²) in [7, 11) is -4.04. The fourth-order valence-corrected chi connectivity index (χ4v) is 5.18. The lowest BCUT2D eigenvalue weighted by Gasteiger charge is -2.25. The number of rotatable bonds is 9. The smallest absolute Gasteiger partial charge is 0.264 e. The summed E-state index contributed by atoms with van der Waals surface area (Å²) in [4.78, 5) is 12.7. The van der Waals surface area contributed by atoms with Gasteiger partial charge in [-0.15, -0.1) is 0 Å². The second-order valence-corrected chi connectivity index (χ2v) is 9.99. The summed E-state index contributed by atoms with van der Waals surface area (Å²) in [6.45, 7) is 2.05. The normalized spacial score (nSPS) is 11.2. The van der Waals surface area contributed by atoms with Gasteiger partial charge in [0.15, 0.2) is 0 Å². The molecule has 0 radical (unpaired) electrons. The van der Waals surface area contributed by atoms with Gasteiger partial charge in [0.05, 0.1) is 20.6 Å². The molecular formula is C24H24Cl2N2O3S. The van der Waals surface area contributed by atoms with Crippen LogP contribution >= 0.6 is 23.2 Å². The molecule has 8 heteroatoms. The van der Waals surface area contributed by atoms with Crippen molar-refractivity contribution < 1.29 is 13.2 Å². The Hall–Kier alpha value is -2.54. The summed E-state index contributed by atoms with van der Waals surface area (Å²) >= 11 is 12.4. The van der Waals surface area contributed by atoms with Crippen molar-refractivity contribution in [1.82, 2.24) is 5.32 Å². The number of nitrogens with one attached hydrogen (secondary N) is 1. The van der Waals surface area contributed by atoms with Gasteiger partial charge in [0.2, 0.25) is 5.91 Å². The molecule has 32 heavy (non-hydrogen) atoms. The lowest BCUT2D eigenvalue weighted by Crippen LogP contribution is -2.41. The van der Waals surface area contributed by atoms with Crippen LogP contribution in [0, 0.1) is 6.92 Å². The molecule has 0 aliphatic heterocycles. The highest BCUT2D eigenvalue weighted by molar-refractivity contribution is 7.92. The molecule has 0 fully saturated rings. The molecule has 0 unspecified atom stereocenters. The maximum atomic E-state index is 13.3. The van der Waals surface area contributed by atoms with Crippen LogP contribution in [0.15, 0.2) is 77.7 Å². The van der Waals surface area contributed by atoms with E-state index in [0.717, 1.165) is 17.1 Å². The van der Waals surface area contributed by atoms with Gasteiger partial charge in [0.1, 0.15) is 6.54 Å². The van der Waals surface area contributed by atoms with Crippen LogP contribution in [0.25, 0.3) is 0 Å². The van der Waals surface area contributed by atoms with Crippen LogP contribution in [0.3, 0.4) is 0 Å². The van der Waals surface area contributed by atoms with Crippen LogP contribution in [0.5, 0.6) is 0 Å². The molecule has 0 aliphatic rings. The van der Waals surface area contributed by atoms with Gasteiger partial charge in [-0.05, 0) is 49.6 Å². The first-order valence-electron chi connectivity index (χ1n) is 10.1. The summed E-state index contributed by atoms with van der Waals surface area (Å²) in [5.41, 5.74) is 2.53. The van der Waals surface area contributed by atoms with E-state index in [1.807, 2.05) is 25.1 Å². The molecule has 3 rings (SSSR count). The maximum Gasteiger partial charge on any atom is 0.264 e. The monoisotopic (exact) mass is 490 g/mol. The first-order valence-corrected chi connectivity index (χ1v) is 12.3. The number of amides is 1.